The van der Waals surface area contributed by atoms with Crippen LogP contribution in [0.3, 0.4) is 0 Å². The number of hydrogen-bond acceptors (Lipinski definition) is 3. The molecular weight excluding hydrogens is 439 g/mol. The fourth-order valence-electron chi connectivity index (χ4n) is 2.85. The van der Waals surface area contributed by atoms with Crippen LogP contribution >= 0.6 is 15.9 Å². The summed E-state index contributed by atoms with van der Waals surface area (Å²) in [4.78, 5) is 27.1. The van der Waals surface area contributed by atoms with Crippen molar-refractivity contribution >= 4 is 27.7 Å². The molecule has 2 aromatic carbocycles. The third-order valence-corrected chi connectivity index (χ3v) is 4.79. The predicted octanol–water partition coefficient (Wildman–Crippen LogP) is 4.30. The fraction of sp³-hybridized carbons (Fsp3) is 0.364. The number of benzene rings is 2. The first-order chi connectivity index (χ1) is 13.8. The maximum Gasteiger partial charge on any atom is 0.261 e. The zero-order valence-electron chi connectivity index (χ0n) is 16.8. The summed E-state index contributed by atoms with van der Waals surface area (Å²) in [5, 5.41) is 2.87. The minimum atomic E-state index is -0.650. The molecule has 0 aliphatic carbocycles. The fourth-order valence-corrected chi connectivity index (χ4v) is 3.11. The van der Waals surface area contributed by atoms with E-state index in [1.165, 1.54) is 17.0 Å². The van der Waals surface area contributed by atoms with Crippen molar-refractivity contribution in [3.05, 3.63) is 64.4 Å². The monoisotopic (exact) mass is 464 g/mol. The molecule has 0 fully saturated rings. The molecule has 0 saturated heterocycles. The molecule has 0 spiro atoms. The lowest BCUT2D eigenvalue weighted by molar-refractivity contribution is -0.143. The van der Waals surface area contributed by atoms with Crippen molar-refractivity contribution in [1.29, 1.82) is 0 Å². The summed E-state index contributed by atoms with van der Waals surface area (Å²) in [6.07, 6.45) is 0.448. The molecule has 156 valence electrons. The molecular formula is C22H26BrFN2O3. The molecule has 0 aliphatic rings. The van der Waals surface area contributed by atoms with Crippen molar-refractivity contribution in [2.45, 2.75) is 45.8 Å². The molecule has 2 rings (SSSR count). The van der Waals surface area contributed by atoms with E-state index in [0.717, 1.165) is 10.0 Å². The Morgan fingerprint density at radius 1 is 1.10 bits per heavy atom. The minimum Gasteiger partial charge on any atom is -0.484 e. The Labute approximate surface area is 179 Å². The van der Waals surface area contributed by atoms with Gasteiger partial charge in [0, 0.05) is 17.1 Å². The summed E-state index contributed by atoms with van der Waals surface area (Å²) >= 11 is 3.35. The smallest absolute Gasteiger partial charge is 0.261 e. The van der Waals surface area contributed by atoms with Gasteiger partial charge in [-0.25, -0.2) is 4.39 Å². The van der Waals surface area contributed by atoms with Gasteiger partial charge >= 0.3 is 0 Å². The van der Waals surface area contributed by atoms with Gasteiger partial charge in [0.15, 0.2) is 6.61 Å². The van der Waals surface area contributed by atoms with Crippen LogP contribution in [0, 0.1) is 5.82 Å². The van der Waals surface area contributed by atoms with Gasteiger partial charge in [0.1, 0.15) is 17.6 Å². The second kappa shape index (κ2) is 11.0. The highest BCUT2D eigenvalue weighted by Gasteiger charge is 2.29. The molecule has 0 radical (unpaired) electrons. The maximum absolute atomic E-state index is 13.2. The zero-order valence-corrected chi connectivity index (χ0v) is 18.4. The number of amides is 2. The minimum absolute atomic E-state index is 0.0432. The lowest BCUT2D eigenvalue weighted by atomic mass is 10.1. The summed E-state index contributed by atoms with van der Waals surface area (Å²) in [6.45, 7) is 5.58. The summed E-state index contributed by atoms with van der Waals surface area (Å²) < 4.78 is 19.8. The van der Waals surface area contributed by atoms with Gasteiger partial charge < -0.3 is 15.0 Å². The van der Waals surface area contributed by atoms with E-state index in [1.54, 1.807) is 24.3 Å². The summed E-state index contributed by atoms with van der Waals surface area (Å²) in [5.41, 5.74) is 0.735. The lowest BCUT2D eigenvalue weighted by Crippen LogP contribution is -2.51. The molecule has 1 N–H and O–H groups in total. The van der Waals surface area contributed by atoms with Crippen LogP contribution < -0.4 is 10.1 Å². The van der Waals surface area contributed by atoms with Gasteiger partial charge in [-0.05, 0) is 62.2 Å². The van der Waals surface area contributed by atoms with Crippen molar-refractivity contribution in [1.82, 2.24) is 10.2 Å². The highest BCUT2D eigenvalue weighted by molar-refractivity contribution is 9.10. The summed E-state index contributed by atoms with van der Waals surface area (Å²) in [6, 6.07) is 12.4. The quantitative estimate of drug-likeness (QED) is 0.601. The van der Waals surface area contributed by atoms with Crippen LogP contribution in [0.1, 0.15) is 32.8 Å². The van der Waals surface area contributed by atoms with E-state index in [1.807, 2.05) is 32.9 Å². The van der Waals surface area contributed by atoms with Gasteiger partial charge in [-0.15, -0.1) is 0 Å². The Balaban J connectivity index is 2.18. The van der Waals surface area contributed by atoms with Crippen LogP contribution in [0.5, 0.6) is 5.75 Å². The third kappa shape index (κ3) is 7.16. The van der Waals surface area contributed by atoms with Crippen LogP contribution in [-0.4, -0.2) is 35.4 Å². The van der Waals surface area contributed by atoms with Gasteiger partial charge in [0.2, 0.25) is 5.91 Å². The number of ether oxygens (including phenoxy) is 1. The molecule has 0 unspecified atom stereocenters. The van der Waals surface area contributed by atoms with E-state index in [-0.39, 0.29) is 36.8 Å². The summed E-state index contributed by atoms with van der Waals surface area (Å²) in [5.74, 6) is -0.331. The lowest BCUT2D eigenvalue weighted by Gasteiger charge is -2.31. The molecule has 0 aliphatic heterocycles. The van der Waals surface area contributed by atoms with Crippen molar-refractivity contribution in [3.63, 3.8) is 0 Å². The van der Waals surface area contributed by atoms with E-state index in [4.69, 9.17) is 4.74 Å². The second-order valence-electron chi connectivity index (χ2n) is 6.98. The highest BCUT2D eigenvalue weighted by Crippen LogP contribution is 2.17. The van der Waals surface area contributed by atoms with Gasteiger partial charge in [-0.3, -0.25) is 9.59 Å². The topological polar surface area (TPSA) is 58.6 Å². The van der Waals surface area contributed by atoms with Gasteiger partial charge in [0.25, 0.3) is 5.91 Å². The second-order valence-corrected chi connectivity index (χ2v) is 7.89. The number of carbonyl (C=O) groups is 2. The Morgan fingerprint density at radius 3 is 2.28 bits per heavy atom. The molecule has 7 heteroatoms. The average molecular weight is 465 g/mol. The number of rotatable bonds is 9. The van der Waals surface area contributed by atoms with Crippen LogP contribution in [0.15, 0.2) is 53.0 Å². The number of halogens is 2. The van der Waals surface area contributed by atoms with Crippen LogP contribution in [0.25, 0.3) is 0 Å². The molecule has 1 atom stereocenters. The van der Waals surface area contributed by atoms with Crippen LogP contribution in [0.2, 0.25) is 0 Å². The highest BCUT2D eigenvalue weighted by atomic mass is 79.9. The molecule has 0 aromatic heterocycles. The molecule has 0 heterocycles. The first-order valence-corrected chi connectivity index (χ1v) is 10.3. The van der Waals surface area contributed by atoms with Gasteiger partial charge in [-0.2, -0.15) is 0 Å². The SMILES string of the molecule is CC[C@@H](C(=O)NC(C)C)N(Cc1ccc(F)cc1)C(=O)COc1ccc(Br)cc1. The molecule has 0 bridgehead atoms. The Hall–Kier alpha value is -2.41. The van der Waals surface area contributed by atoms with E-state index in [0.29, 0.717) is 12.2 Å². The van der Waals surface area contributed by atoms with Crippen molar-refractivity contribution in [2.75, 3.05) is 6.61 Å². The van der Waals surface area contributed by atoms with Gasteiger partial charge in [-0.1, -0.05) is 35.0 Å². The van der Waals surface area contributed by atoms with E-state index in [9.17, 15) is 14.0 Å². The predicted molar refractivity (Wildman–Crippen MR) is 114 cm³/mol. The number of nitrogens with zero attached hydrogens (tertiary/aromatic N) is 1. The third-order valence-electron chi connectivity index (χ3n) is 4.26. The largest absolute Gasteiger partial charge is 0.484 e. The van der Waals surface area contributed by atoms with Crippen LogP contribution in [0.4, 0.5) is 4.39 Å². The number of nitrogens with one attached hydrogen (secondary N) is 1. The van der Waals surface area contributed by atoms with Crippen molar-refractivity contribution < 1.29 is 18.7 Å². The molecule has 5 nitrogen and oxygen atoms in total. The number of hydrogen-bond donors (Lipinski definition) is 1. The standard InChI is InChI=1S/C22H26BrFN2O3/c1-4-20(22(28)25-15(2)3)26(13-16-5-9-18(24)10-6-16)21(27)14-29-19-11-7-17(23)8-12-19/h5-12,15,20H,4,13-14H2,1-3H3,(H,25,28)/t20-/m0/s1. The Kier molecular flexibility index (Phi) is 8.64. The average Bonchev–Trinajstić information content (AvgIpc) is 2.68. The Morgan fingerprint density at radius 2 is 1.72 bits per heavy atom. The molecule has 0 saturated carbocycles. The van der Waals surface area contributed by atoms with E-state index in [2.05, 4.69) is 21.2 Å². The molecule has 2 aromatic rings. The summed E-state index contributed by atoms with van der Waals surface area (Å²) in [7, 11) is 0. The maximum atomic E-state index is 13.2. The molecule has 29 heavy (non-hydrogen) atoms. The van der Waals surface area contributed by atoms with Crippen molar-refractivity contribution in [3.8, 4) is 5.75 Å². The van der Waals surface area contributed by atoms with E-state index < -0.39 is 6.04 Å². The van der Waals surface area contributed by atoms with Gasteiger partial charge in [0.05, 0.1) is 0 Å². The first kappa shape index (κ1) is 22.9. The zero-order chi connectivity index (χ0) is 21.4. The normalized spacial score (nSPS) is 11.8. The first-order valence-electron chi connectivity index (χ1n) is 9.52. The van der Waals surface area contributed by atoms with Crippen LogP contribution in [-0.2, 0) is 16.1 Å². The Bertz CT molecular complexity index is 810. The number of carbonyl (C=O) groups excluding carboxylic acids is 2. The molecule has 2 amide bonds. The van der Waals surface area contributed by atoms with E-state index >= 15 is 0 Å². The van der Waals surface area contributed by atoms with Crippen molar-refractivity contribution in [2.24, 2.45) is 0 Å².